The average Bonchev–Trinajstić information content (AvgIpc) is 2.40. The van der Waals surface area contributed by atoms with E-state index in [1.165, 1.54) is 29.2 Å². The number of nitrogens with one attached hydrogen (secondary N) is 1. The quantitative estimate of drug-likeness (QED) is 0.850. The number of hydrogen-bond donors (Lipinski definition) is 1. The molecule has 0 spiro atoms. The molecule has 0 saturated carbocycles. The fraction of sp³-hybridized carbons (Fsp3) is 0.400. The third-order valence-electron chi connectivity index (χ3n) is 3.44. The van der Waals surface area contributed by atoms with Gasteiger partial charge in [0.2, 0.25) is 0 Å². The van der Waals surface area contributed by atoms with E-state index in [0.717, 1.165) is 6.42 Å². The molecule has 0 bridgehead atoms. The molecule has 2 rings (SSSR count). The zero-order chi connectivity index (χ0) is 12.1. The van der Waals surface area contributed by atoms with Crippen molar-refractivity contribution in [2.45, 2.75) is 32.2 Å². The van der Waals surface area contributed by atoms with Crippen molar-refractivity contribution in [3.8, 4) is 0 Å². The van der Waals surface area contributed by atoms with E-state index >= 15 is 0 Å². The van der Waals surface area contributed by atoms with E-state index in [1.807, 2.05) is 19.4 Å². The van der Waals surface area contributed by atoms with Gasteiger partial charge in [0.05, 0.1) is 0 Å². The Morgan fingerprint density at radius 1 is 1.29 bits per heavy atom. The van der Waals surface area contributed by atoms with E-state index in [2.05, 4.69) is 41.5 Å². The first-order chi connectivity index (χ1) is 8.35. The van der Waals surface area contributed by atoms with Crippen LogP contribution >= 0.6 is 0 Å². The zero-order valence-electron chi connectivity index (χ0n) is 10.6. The van der Waals surface area contributed by atoms with Gasteiger partial charge in [-0.05, 0) is 43.3 Å². The highest BCUT2D eigenvalue weighted by Crippen LogP contribution is 2.19. The van der Waals surface area contributed by atoms with Crippen LogP contribution in [0.1, 0.15) is 25.3 Å². The number of fused-ring (bicyclic) bond motifs is 1. The Balaban J connectivity index is 2.18. The highest BCUT2D eigenvalue weighted by atomic mass is 14.9. The number of nitrogens with zero attached hydrogens (tertiary/aromatic N) is 1. The molecular formula is C15H20N2. The van der Waals surface area contributed by atoms with E-state index in [4.69, 9.17) is 0 Å². The lowest BCUT2D eigenvalue weighted by Gasteiger charge is -2.14. The molecule has 0 saturated heterocycles. The summed E-state index contributed by atoms with van der Waals surface area (Å²) >= 11 is 0. The first-order valence-corrected chi connectivity index (χ1v) is 6.34. The van der Waals surface area contributed by atoms with Gasteiger partial charge >= 0.3 is 0 Å². The second-order valence-corrected chi connectivity index (χ2v) is 4.45. The lowest BCUT2D eigenvalue weighted by atomic mass is 9.99. The molecule has 1 unspecified atom stereocenters. The van der Waals surface area contributed by atoms with Crippen molar-refractivity contribution in [3.05, 3.63) is 42.2 Å². The van der Waals surface area contributed by atoms with Gasteiger partial charge < -0.3 is 5.32 Å². The molecule has 2 aromatic rings. The normalized spacial score (nSPS) is 12.8. The Kier molecular flexibility index (Phi) is 4.10. The third-order valence-corrected chi connectivity index (χ3v) is 3.44. The van der Waals surface area contributed by atoms with Crippen molar-refractivity contribution in [3.63, 3.8) is 0 Å². The summed E-state index contributed by atoms with van der Waals surface area (Å²) in [5.41, 5.74) is 1.41. The molecule has 0 aliphatic carbocycles. The first kappa shape index (κ1) is 12.1. The number of pyridine rings is 1. The van der Waals surface area contributed by atoms with Gasteiger partial charge in [0.15, 0.2) is 0 Å². The van der Waals surface area contributed by atoms with Gasteiger partial charge in [0.1, 0.15) is 0 Å². The molecule has 90 valence electrons. The van der Waals surface area contributed by atoms with Gasteiger partial charge in [-0.15, -0.1) is 0 Å². The SMILES string of the molecule is CCC(CCc1cccc2ccncc12)NC. The standard InChI is InChI=1S/C15H20N2/c1-3-14(16-2)8-7-12-5-4-6-13-9-10-17-11-15(12)13/h4-6,9-11,14,16H,3,7-8H2,1-2H3. The molecule has 1 heterocycles. The molecular weight excluding hydrogens is 208 g/mol. The minimum absolute atomic E-state index is 0.613. The van der Waals surface area contributed by atoms with E-state index < -0.39 is 0 Å². The van der Waals surface area contributed by atoms with Crippen LogP contribution < -0.4 is 5.32 Å². The number of aromatic nitrogens is 1. The molecule has 1 atom stereocenters. The molecule has 1 aromatic heterocycles. The molecule has 1 N–H and O–H groups in total. The van der Waals surface area contributed by atoms with Crippen molar-refractivity contribution >= 4 is 10.8 Å². The summed E-state index contributed by atoms with van der Waals surface area (Å²) in [6.07, 6.45) is 7.31. The molecule has 0 radical (unpaired) electrons. The lowest BCUT2D eigenvalue weighted by Crippen LogP contribution is -2.24. The van der Waals surface area contributed by atoms with E-state index in [-0.39, 0.29) is 0 Å². The molecule has 0 amide bonds. The Labute approximate surface area is 103 Å². The van der Waals surface area contributed by atoms with E-state index in [0.29, 0.717) is 6.04 Å². The summed E-state index contributed by atoms with van der Waals surface area (Å²) in [4.78, 5) is 4.23. The van der Waals surface area contributed by atoms with Crippen LogP contribution in [0.5, 0.6) is 0 Å². The maximum absolute atomic E-state index is 4.23. The predicted octanol–water partition coefficient (Wildman–Crippen LogP) is 3.17. The molecule has 0 aliphatic heterocycles. The highest BCUT2D eigenvalue weighted by molar-refractivity contribution is 5.84. The van der Waals surface area contributed by atoms with Crippen LogP contribution in [-0.2, 0) is 6.42 Å². The van der Waals surface area contributed by atoms with Crippen molar-refractivity contribution in [2.24, 2.45) is 0 Å². The fourth-order valence-electron chi connectivity index (χ4n) is 2.28. The Morgan fingerprint density at radius 2 is 2.18 bits per heavy atom. The van der Waals surface area contributed by atoms with Crippen LogP contribution in [0.25, 0.3) is 10.8 Å². The van der Waals surface area contributed by atoms with Gasteiger partial charge in [0, 0.05) is 23.8 Å². The van der Waals surface area contributed by atoms with E-state index in [1.54, 1.807) is 0 Å². The first-order valence-electron chi connectivity index (χ1n) is 6.34. The maximum Gasteiger partial charge on any atom is 0.0349 e. The van der Waals surface area contributed by atoms with Crippen LogP contribution in [0.4, 0.5) is 0 Å². The smallest absolute Gasteiger partial charge is 0.0349 e. The van der Waals surface area contributed by atoms with Crippen LogP contribution in [-0.4, -0.2) is 18.1 Å². The molecule has 17 heavy (non-hydrogen) atoms. The highest BCUT2D eigenvalue weighted by Gasteiger charge is 2.05. The van der Waals surface area contributed by atoms with Crippen LogP contribution in [0.15, 0.2) is 36.7 Å². The number of aryl methyl sites for hydroxylation is 1. The van der Waals surface area contributed by atoms with Crippen molar-refractivity contribution in [1.82, 2.24) is 10.3 Å². The minimum Gasteiger partial charge on any atom is -0.317 e. The van der Waals surface area contributed by atoms with Crippen LogP contribution in [0.2, 0.25) is 0 Å². The Bertz CT molecular complexity index is 470. The largest absolute Gasteiger partial charge is 0.317 e. The fourth-order valence-corrected chi connectivity index (χ4v) is 2.28. The monoisotopic (exact) mass is 228 g/mol. The van der Waals surface area contributed by atoms with Gasteiger partial charge in [-0.1, -0.05) is 25.1 Å². The predicted molar refractivity (Wildman–Crippen MR) is 73.2 cm³/mol. The number of rotatable bonds is 5. The topological polar surface area (TPSA) is 24.9 Å². The zero-order valence-corrected chi connectivity index (χ0v) is 10.6. The summed E-state index contributed by atoms with van der Waals surface area (Å²) in [6, 6.07) is 9.19. The van der Waals surface area contributed by atoms with Gasteiger partial charge in [-0.25, -0.2) is 0 Å². The molecule has 1 aromatic carbocycles. The molecule has 2 heteroatoms. The Morgan fingerprint density at radius 3 is 2.94 bits per heavy atom. The van der Waals surface area contributed by atoms with Crippen molar-refractivity contribution in [2.75, 3.05) is 7.05 Å². The maximum atomic E-state index is 4.23. The summed E-state index contributed by atoms with van der Waals surface area (Å²) in [5.74, 6) is 0. The second kappa shape index (κ2) is 5.78. The molecule has 0 aliphatic rings. The Hall–Kier alpha value is -1.41. The van der Waals surface area contributed by atoms with Crippen LogP contribution in [0, 0.1) is 0 Å². The molecule has 0 fully saturated rings. The number of hydrogen-bond acceptors (Lipinski definition) is 2. The van der Waals surface area contributed by atoms with Gasteiger partial charge in [-0.2, -0.15) is 0 Å². The van der Waals surface area contributed by atoms with Crippen molar-refractivity contribution < 1.29 is 0 Å². The van der Waals surface area contributed by atoms with E-state index in [9.17, 15) is 0 Å². The lowest BCUT2D eigenvalue weighted by molar-refractivity contribution is 0.509. The summed E-state index contributed by atoms with van der Waals surface area (Å²) in [5, 5.41) is 5.93. The minimum atomic E-state index is 0.613. The molecule has 2 nitrogen and oxygen atoms in total. The van der Waals surface area contributed by atoms with Crippen molar-refractivity contribution in [1.29, 1.82) is 0 Å². The van der Waals surface area contributed by atoms with Gasteiger partial charge in [-0.3, -0.25) is 4.98 Å². The van der Waals surface area contributed by atoms with Gasteiger partial charge in [0.25, 0.3) is 0 Å². The summed E-state index contributed by atoms with van der Waals surface area (Å²) < 4.78 is 0. The summed E-state index contributed by atoms with van der Waals surface area (Å²) in [6.45, 7) is 2.23. The van der Waals surface area contributed by atoms with Crippen LogP contribution in [0.3, 0.4) is 0 Å². The summed E-state index contributed by atoms with van der Waals surface area (Å²) in [7, 11) is 2.04. The third kappa shape index (κ3) is 2.83. The average molecular weight is 228 g/mol. The number of benzene rings is 1. The second-order valence-electron chi connectivity index (χ2n) is 4.45.